The van der Waals surface area contributed by atoms with Gasteiger partial charge in [-0.05, 0) is 37.6 Å². The summed E-state index contributed by atoms with van der Waals surface area (Å²) in [6.07, 6.45) is -0.318. The van der Waals surface area contributed by atoms with Crippen molar-refractivity contribution in [1.82, 2.24) is 9.62 Å². The Morgan fingerprint density at radius 1 is 1.15 bits per heavy atom. The molecule has 1 saturated heterocycles. The normalized spacial score (nSPS) is 20.1. The van der Waals surface area contributed by atoms with E-state index in [0.717, 1.165) is 5.56 Å². The molecule has 1 aliphatic rings. The molecule has 0 saturated carbocycles. The molecule has 0 aliphatic carbocycles. The zero-order valence-corrected chi connectivity index (χ0v) is 20.2. The van der Waals surface area contributed by atoms with Gasteiger partial charge in [0.15, 0.2) is 0 Å². The van der Waals surface area contributed by atoms with Crippen LogP contribution in [0.1, 0.15) is 29.8 Å². The summed E-state index contributed by atoms with van der Waals surface area (Å²) in [5, 5.41) is 2.65. The van der Waals surface area contributed by atoms with E-state index in [1.807, 2.05) is 30.3 Å². The number of benzene rings is 2. The number of nitrogens with zero attached hydrogens (tertiary/aromatic N) is 1. The number of nitrogens with one attached hydrogen (secondary N) is 1. The molecule has 3 atom stereocenters. The molecule has 8 nitrogen and oxygen atoms in total. The van der Waals surface area contributed by atoms with Crippen LogP contribution in [0.15, 0.2) is 53.4 Å². The van der Waals surface area contributed by atoms with Crippen molar-refractivity contribution >= 4 is 33.5 Å². The molecule has 10 heteroatoms. The molecule has 178 valence electrons. The van der Waals surface area contributed by atoms with Gasteiger partial charge in [-0.1, -0.05) is 41.9 Å². The molecule has 0 unspecified atom stereocenters. The molecule has 0 bridgehead atoms. The Labute approximate surface area is 198 Å². The highest BCUT2D eigenvalue weighted by Crippen LogP contribution is 2.28. The summed E-state index contributed by atoms with van der Waals surface area (Å²) in [7, 11) is -2.72. The lowest BCUT2D eigenvalue weighted by molar-refractivity contribution is -0.142. The van der Waals surface area contributed by atoms with Gasteiger partial charge >= 0.3 is 5.97 Å². The van der Waals surface area contributed by atoms with Crippen LogP contribution in [0, 0.1) is 0 Å². The quantitative estimate of drug-likeness (QED) is 0.594. The van der Waals surface area contributed by atoms with Crippen molar-refractivity contribution in [3.63, 3.8) is 0 Å². The molecular formula is C23H27ClN2O6S. The first-order valence-electron chi connectivity index (χ1n) is 10.5. The van der Waals surface area contributed by atoms with Crippen molar-refractivity contribution in [3.05, 3.63) is 64.7 Å². The molecule has 1 heterocycles. The van der Waals surface area contributed by atoms with E-state index in [1.54, 1.807) is 13.8 Å². The Balaban J connectivity index is 1.85. The molecule has 0 radical (unpaired) electrons. The van der Waals surface area contributed by atoms with Crippen LogP contribution in [0.4, 0.5) is 0 Å². The highest BCUT2D eigenvalue weighted by atomic mass is 35.5. The number of carbonyl (C=O) groups is 2. The lowest BCUT2D eigenvalue weighted by atomic mass is 10.1. The number of rotatable bonds is 7. The average Bonchev–Trinajstić information content (AvgIpc) is 2.78. The molecule has 0 spiro atoms. The second-order valence-electron chi connectivity index (χ2n) is 7.96. The van der Waals surface area contributed by atoms with Gasteiger partial charge in [-0.3, -0.25) is 4.79 Å². The highest BCUT2D eigenvalue weighted by Gasteiger charge is 2.34. The molecule has 33 heavy (non-hydrogen) atoms. The number of halogens is 1. The fourth-order valence-corrected chi connectivity index (χ4v) is 5.83. The van der Waals surface area contributed by atoms with Crippen molar-refractivity contribution in [3.8, 4) is 0 Å². The summed E-state index contributed by atoms with van der Waals surface area (Å²) in [5.74, 6) is -1.22. The number of carbonyl (C=O) groups excluding carboxylic acids is 2. The average molecular weight is 495 g/mol. The lowest BCUT2D eigenvalue weighted by Crippen LogP contribution is -2.48. The number of hydrogen-bond donors (Lipinski definition) is 1. The molecule has 1 fully saturated rings. The van der Waals surface area contributed by atoms with E-state index in [2.05, 4.69) is 5.32 Å². The Kier molecular flexibility index (Phi) is 8.12. The minimum Gasteiger partial charge on any atom is -0.467 e. The van der Waals surface area contributed by atoms with Crippen molar-refractivity contribution < 1.29 is 27.5 Å². The summed E-state index contributed by atoms with van der Waals surface area (Å²) in [5.41, 5.74) is 0.900. The second kappa shape index (κ2) is 10.6. The van der Waals surface area contributed by atoms with Crippen molar-refractivity contribution in [1.29, 1.82) is 0 Å². The predicted octanol–water partition coefficient (Wildman–Crippen LogP) is 2.65. The number of hydrogen-bond acceptors (Lipinski definition) is 6. The molecule has 1 N–H and O–H groups in total. The van der Waals surface area contributed by atoms with Gasteiger partial charge in [0, 0.05) is 25.1 Å². The number of ether oxygens (including phenoxy) is 2. The van der Waals surface area contributed by atoms with Gasteiger partial charge in [-0.2, -0.15) is 4.31 Å². The molecule has 2 aromatic rings. The SMILES string of the molecule is COC(=O)[C@H](Cc1ccccc1)NC(=O)c1ccc(Cl)c(S(=O)(=O)N2C[C@H](C)O[C@@H](C)C2)c1. The zero-order chi connectivity index (χ0) is 24.2. The third kappa shape index (κ3) is 6.11. The number of amides is 1. The smallest absolute Gasteiger partial charge is 0.328 e. The minimum absolute atomic E-state index is 0.00662. The maximum absolute atomic E-state index is 13.3. The van der Waals surface area contributed by atoms with E-state index in [0.29, 0.717) is 0 Å². The van der Waals surface area contributed by atoms with Crippen molar-refractivity contribution in [2.24, 2.45) is 0 Å². The van der Waals surface area contributed by atoms with Gasteiger partial charge in [0.1, 0.15) is 10.9 Å². The number of methoxy groups -OCH3 is 1. The Bertz CT molecular complexity index is 1100. The van der Waals surface area contributed by atoms with E-state index >= 15 is 0 Å². The topological polar surface area (TPSA) is 102 Å². The van der Waals surface area contributed by atoms with Crippen molar-refractivity contribution in [2.75, 3.05) is 20.2 Å². The summed E-state index contributed by atoms with van der Waals surface area (Å²) >= 11 is 6.22. The van der Waals surface area contributed by atoms with Crippen LogP contribution in [-0.2, 0) is 30.7 Å². The highest BCUT2D eigenvalue weighted by molar-refractivity contribution is 7.89. The lowest BCUT2D eigenvalue weighted by Gasteiger charge is -2.34. The van der Waals surface area contributed by atoms with Crippen LogP contribution in [0.25, 0.3) is 0 Å². The van der Waals surface area contributed by atoms with Crippen LogP contribution in [-0.4, -0.2) is 63.0 Å². The minimum atomic E-state index is -3.96. The zero-order valence-electron chi connectivity index (χ0n) is 18.7. The molecule has 1 aliphatic heterocycles. The summed E-state index contributed by atoms with van der Waals surface area (Å²) in [6.45, 7) is 3.95. The first-order chi connectivity index (χ1) is 15.6. The van der Waals surface area contributed by atoms with Gasteiger partial charge in [0.2, 0.25) is 10.0 Å². The first kappa shape index (κ1) is 25.2. The van der Waals surface area contributed by atoms with Crippen LogP contribution in [0.2, 0.25) is 5.02 Å². The van der Waals surface area contributed by atoms with Gasteiger partial charge in [-0.15, -0.1) is 0 Å². The van der Waals surface area contributed by atoms with Gasteiger partial charge in [0.25, 0.3) is 5.91 Å². The van der Waals surface area contributed by atoms with Crippen molar-refractivity contribution in [2.45, 2.75) is 43.4 Å². The van der Waals surface area contributed by atoms with E-state index in [1.165, 1.54) is 29.6 Å². The third-order valence-corrected chi connectivity index (χ3v) is 7.58. The fraction of sp³-hybridized carbons (Fsp3) is 0.391. The predicted molar refractivity (Wildman–Crippen MR) is 124 cm³/mol. The van der Waals surface area contributed by atoms with E-state index < -0.39 is 27.9 Å². The van der Waals surface area contributed by atoms with E-state index in [9.17, 15) is 18.0 Å². The molecule has 1 amide bonds. The van der Waals surface area contributed by atoms with Crippen LogP contribution in [0.3, 0.4) is 0 Å². The number of morpholine rings is 1. The second-order valence-corrected chi connectivity index (χ2v) is 10.3. The largest absolute Gasteiger partial charge is 0.467 e. The first-order valence-corrected chi connectivity index (χ1v) is 12.3. The van der Waals surface area contributed by atoms with E-state index in [4.69, 9.17) is 21.1 Å². The van der Waals surface area contributed by atoms with Crippen LogP contribution >= 0.6 is 11.6 Å². The van der Waals surface area contributed by atoms with E-state index in [-0.39, 0.29) is 47.2 Å². The monoisotopic (exact) mass is 494 g/mol. The van der Waals surface area contributed by atoms with Gasteiger partial charge in [-0.25, -0.2) is 13.2 Å². The number of esters is 1. The molecule has 2 aromatic carbocycles. The Morgan fingerprint density at radius 2 is 1.79 bits per heavy atom. The molecular weight excluding hydrogens is 468 g/mol. The molecule has 0 aromatic heterocycles. The van der Waals surface area contributed by atoms with Crippen LogP contribution in [0.5, 0.6) is 0 Å². The third-order valence-electron chi connectivity index (χ3n) is 5.27. The van der Waals surface area contributed by atoms with Crippen LogP contribution < -0.4 is 5.32 Å². The van der Waals surface area contributed by atoms with Gasteiger partial charge < -0.3 is 14.8 Å². The summed E-state index contributed by atoms with van der Waals surface area (Å²) < 4.78 is 38.3. The summed E-state index contributed by atoms with van der Waals surface area (Å²) in [6, 6.07) is 12.2. The standard InChI is InChI=1S/C23H27ClN2O6S/c1-15-13-26(14-16(2)32-15)33(29,30)21-12-18(9-10-19(21)24)22(27)25-20(23(28)31-3)11-17-7-5-4-6-8-17/h4-10,12,15-16,20H,11,13-14H2,1-3H3,(H,25,27)/t15-,16-,20-/m0/s1. The number of sulfonamides is 1. The van der Waals surface area contributed by atoms with Gasteiger partial charge in [0.05, 0.1) is 24.3 Å². The summed E-state index contributed by atoms with van der Waals surface area (Å²) in [4.78, 5) is 25.0. The maximum Gasteiger partial charge on any atom is 0.328 e. The molecule has 3 rings (SSSR count). The maximum atomic E-state index is 13.3. The Hall–Kier alpha value is -2.46. The Morgan fingerprint density at radius 3 is 2.39 bits per heavy atom. The fourth-order valence-electron chi connectivity index (χ4n) is 3.74.